The number of nitrogens with zero attached hydrogens (tertiary/aromatic N) is 2. The number of benzene rings is 2. The van der Waals surface area contributed by atoms with E-state index >= 15 is 0 Å². The van der Waals surface area contributed by atoms with Crippen LogP contribution in [0.3, 0.4) is 0 Å². The highest BCUT2D eigenvalue weighted by molar-refractivity contribution is 6.35. The molecule has 0 radical (unpaired) electrons. The zero-order chi connectivity index (χ0) is 23.2. The second kappa shape index (κ2) is 10.6. The van der Waals surface area contributed by atoms with Gasteiger partial charge in [-0.1, -0.05) is 11.6 Å². The van der Waals surface area contributed by atoms with Crippen molar-refractivity contribution < 1.29 is 14.2 Å². The lowest BCUT2D eigenvalue weighted by atomic mass is 10.1. The molecule has 2 aromatic carbocycles. The second-order valence-electron chi connectivity index (χ2n) is 7.68. The van der Waals surface area contributed by atoms with Gasteiger partial charge in [-0.15, -0.1) is 0 Å². The molecule has 1 aliphatic heterocycles. The van der Waals surface area contributed by atoms with Crippen LogP contribution in [0.2, 0.25) is 5.02 Å². The molecule has 0 atom stereocenters. The van der Waals surface area contributed by atoms with Crippen LogP contribution in [0.5, 0.6) is 11.5 Å². The SMILES string of the molecule is COc1cc(NCc2cc3cc(OCCN4CCOCC4)cc(Cl)c3[nH]c2=O)ccc1C#N. The van der Waals surface area contributed by atoms with Gasteiger partial charge in [-0.05, 0) is 24.3 Å². The zero-order valence-electron chi connectivity index (χ0n) is 18.3. The molecule has 9 heteroatoms. The average Bonchev–Trinajstić information content (AvgIpc) is 2.84. The Morgan fingerprint density at radius 3 is 2.82 bits per heavy atom. The predicted octanol–water partition coefficient (Wildman–Crippen LogP) is 3.38. The minimum atomic E-state index is -0.224. The Kier molecular flexibility index (Phi) is 7.35. The Morgan fingerprint density at radius 2 is 2.06 bits per heavy atom. The van der Waals surface area contributed by atoms with Crippen LogP contribution in [0.15, 0.2) is 41.2 Å². The van der Waals surface area contributed by atoms with Gasteiger partial charge in [-0.3, -0.25) is 9.69 Å². The van der Waals surface area contributed by atoms with E-state index in [9.17, 15) is 4.79 Å². The van der Waals surface area contributed by atoms with E-state index in [0.29, 0.717) is 46.3 Å². The molecule has 3 aromatic rings. The molecular weight excluding hydrogens is 444 g/mol. The summed E-state index contributed by atoms with van der Waals surface area (Å²) in [4.78, 5) is 17.8. The minimum Gasteiger partial charge on any atom is -0.495 e. The molecule has 2 heterocycles. The molecule has 0 bridgehead atoms. The Bertz CT molecular complexity index is 1230. The molecule has 2 N–H and O–H groups in total. The molecule has 0 spiro atoms. The number of hydrogen-bond donors (Lipinski definition) is 2. The van der Waals surface area contributed by atoms with Crippen LogP contribution in [0, 0.1) is 11.3 Å². The number of ether oxygens (including phenoxy) is 3. The van der Waals surface area contributed by atoms with Crippen molar-refractivity contribution in [3.8, 4) is 17.6 Å². The lowest BCUT2D eigenvalue weighted by Gasteiger charge is -2.26. The predicted molar refractivity (Wildman–Crippen MR) is 127 cm³/mol. The first-order chi connectivity index (χ1) is 16.1. The number of methoxy groups -OCH3 is 1. The number of H-pyrrole nitrogens is 1. The standard InChI is InChI=1S/C24H25ClN4O4/c1-31-22-12-19(3-2-16(22)14-26)27-15-18-10-17-11-20(13-21(25)23(17)28-24(18)30)33-9-6-29-4-7-32-8-5-29/h2-3,10-13,27H,4-9,15H2,1H3,(H,28,30). The van der Waals surface area contributed by atoms with Gasteiger partial charge in [0.25, 0.3) is 5.56 Å². The molecule has 0 unspecified atom stereocenters. The molecule has 4 rings (SSSR count). The zero-order valence-corrected chi connectivity index (χ0v) is 19.1. The van der Waals surface area contributed by atoms with Gasteiger partial charge in [0.05, 0.1) is 36.4 Å². The van der Waals surface area contributed by atoms with E-state index in [0.717, 1.165) is 43.9 Å². The highest BCUT2D eigenvalue weighted by atomic mass is 35.5. The summed E-state index contributed by atoms with van der Waals surface area (Å²) in [7, 11) is 1.51. The number of fused-ring (bicyclic) bond motifs is 1. The molecule has 1 saturated heterocycles. The van der Waals surface area contributed by atoms with E-state index in [2.05, 4.69) is 21.3 Å². The molecule has 1 fully saturated rings. The Labute approximate surface area is 196 Å². The number of anilines is 1. The second-order valence-corrected chi connectivity index (χ2v) is 8.08. The molecule has 0 aliphatic carbocycles. The van der Waals surface area contributed by atoms with Gasteiger partial charge >= 0.3 is 0 Å². The van der Waals surface area contributed by atoms with Crippen molar-refractivity contribution >= 4 is 28.2 Å². The third-order valence-corrected chi connectivity index (χ3v) is 5.84. The number of pyridine rings is 1. The summed E-state index contributed by atoms with van der Waals surface area (Å²) in [6.07, 6.45) is 0. The largest absolute Gasteiger partial charge is 0.495 e. The number of aromatic amines is 1. The summed E-state index contributed by atoms with van der Waals surface area (Å²) >= 11 is 6.42. The summed E-state index contributed by atoms with van der Waals surface area (Å²) in [5, 5.41) is 13.6. The highest BCUT2D eigenvalue weighted by Gasteiger charge is 2.12. The molecule has 0 amide bonds. The molecule has 8 nitrogen and oxygen atoms in total. The number of rotatable bonds is 8. The van der Waals surface area contributed by atoms with Gasteiger partial charge in [0, 0.05) is 54.9 Å². The van der Waals surface area contributed by atoms with Crippen molar-refractivity contribution in [1.82, 2.24) is 9.88 Å². The number of morpholine rings is 1. The Hall–Kier alpha value is -3.25. The first-order valence-corrected chi connectivity index (χ1v) is 11.1. The Balaban J connectivity index is 1.48. The third kappa shape index (κ3) is 5.57. The van der Waals surface area contributed by atoms with Crippen LogP contribution < -0.4 is 20.3 Å². The minimum absolute atomic E-state index is 0.224. The van der Waals surface area contributed by atoms with E-state index in [1.54, 1.807) is 24.3 Å². The first kappa shape index (κ1) is 22.9. The lowest BCUT2D eigenvalue weighted by Crippen LogP contribution is -2.38. The van der Waals surface area contributed by atoms with Gasteiger partial charge < -0.3 is 24.5 Å². The lowest BCUT2D eigenvalue weighted by molar-refractivity contribution is 0.0322. The van der Waals surface area contributed by atoms with Crippen molar-refractivity contribution in [2.24, 2.45) is 0 Å². The fraction of sp³-hybridized carbons (Fsp3) is 0.333. The molecular formula is C24H25ClN4O4. The number of nitrogens with one attached hydrogen (secondary N) is 2. The monoisotopic (exact) mass is 468 g/mol. The molecule has 172 valence electrons. The fourth-order valence-electron chi connectivity index (χ4n) is 3.72. The van der Waals surface area contributed by atoms with Gasteiger partial charge in [0.2, 0.25) is 0 Å². The summed E-state index contributed by atoms with van der Waals surface area (Å²) in [6.45, 7) is 4.96. The quantitative estimate of drug-likeness (QED) is 0.522. The Morgan fingerprint density at radius 1 is 1.24 bits per heavy atom. The molecule has 1 aromatic heterocycles. The number of nitriles is 1. The van der Waals surface area contributed by atoms with Crippen molar-refractivity contribution in [2.45, 2.75) is 6.54 Å². The van der Waals surface area contributed by atoms with Crippen LogP contribution >= 0.6 is 11.6 Å². The van der Waals surface area contributed by atoms with E-state index in [1.165, 1.54) is 7.11 Å². The maximum Gasteiger partial charge on any atom is 0.253 e. The van der Waals surface area contributed by atoms with Crippen molar-refractivity contribution in [3.63, 3.8) is 0 Å². The maximum absolute atomic E-state index is 12.6. The molecule has 0 saturated carbocycles. The third-order valence-electron chi connectivity index (χ3n) is 5.54. The smallest absolute Gasteiger partial charge is 0.253 e. The van der Waals surface area contributed by atoms with Crippen molar-refractivity contribution in [1.29, 1.82) is 5.26 Å². The summed E-state index contributed by atoms with van der Waals surface area (Å²) in [6, 6.07) is 12.7. The van der Waals surface area contributed by atoms with Crippen LogP contribution in [-0.4, -0.2) is 56.4 Å². The summed E-state index contributed by atoms with van der Waals surface area (Å²) in [5.41, 5.74) is 2.09. The van der Waals surface area contributed by atoms with Gasteiger partial charge in [-0.25, -0.2) is 0 Å². The van der Waals surface area contributed by atoms with Gasteiger partial charge in [0.1, 0.15) is 24.2 Å². The summed E-state index contributed by atoms with van der Waals surface area (Å²) in [5.74, 6) is 1.13. The van der Waals surface area contributed by atoms with Crippen LogP contribution in [-0.2, 0) is 11.3 Å². The van der Waals surface area contributed by atoms with Crippen LogP contribution in [0.4, 0.5) is 5.69 Å². The average molecular weight is 469 g/mol. The van der Waals surface area contributed by atoms with Crippen molar-refractivity contribution in [2.75, 3.05) is 51.9 Å². The molecule has 33 heavy (non-hydrogen) atoms. The highest BCUT2D eigenvalue weighted by Crippen LogP contribution is 2.28. The molecule has 1 aliphatic rings. The maximum atomic E-state index is 12.6. The normalized spacial score (nSPS) is 14.1. The topological polar surface area (TPSA) is 99.6 Å². The fourth-order valence-corrected chi connectivity index (χ4v) is 3.98. The number of halogens is 1. The van der Waals surface area contributed by atoms with E-state index in [1.807, 2.05) is 12.1 Å². The van der Waals surface area contributed by atoms with E-state index in [-0.39, 0.29) is 5.56 Å². The van der Waals surface area contributed by atoms with Crippen LogP contribution in [0.25, 0.3) is 10.9 Å². The number of aromatic nitrogens is 1. The van der Waals surface area contributed by atoms with Gasteiger partial charge in [0.15, 0.2) is 0 Å². The van der Waals surface area contributed by atoms with Gasteiger partial charge in [-0.2, -0.15) is 5.26 Å². The number of hydrogen-bond acceptors (Lipinski definition) is 7. The first-order valence-electron chi connectivity index (χ1n) is 10.7. The summed E-state index contributed by atoms with van der Waals surface area (Å²) < 4.78 is 16.5. The van der Waals surface area contributed by atoms with Crippen LogP contribution in [0.1, 0.15) is 11.1 Å². The van der Waals surface area contributed by atoms with E-state index < -0.39 is 0 Å². The van der Waals surface area contributed by atoms with E-state index in [4.69, 9.17) is 31.1 Å². The van der Waals surface area contributed by atoms with Crippen molar-refractivity contribution in [3.05, 3.63) is 62.9 Å².